The molecule has 6 heteroatoms. The maximum atomic E-state index is 12.6. The Bertz CT molecular complexity index is 1200. The van der Waals surface area contributed by atoms with Gasteiger partial charge in [-0.25, -0.2) is 4.98 Å². The van der Waals surface area contributed by atoms with E-state index in [1.54, 1.807) is 29.1 Å². The average molecular weight is 414 g/mol. The van der Waals surface area contributed by atoms with Crippen molar-refractivity contribution in [2.45, 2.75) is 25.5 Å². The molecule has 31 heavy (non-hydrogen) atoms. The molecular formula is C25H22N2O4. The molecule has 2 aromatic heterocycles. The van der Waals surface area contributed by atoms with Gasteiger partial charge in [-0.15, -0.1) is 0 Å². The molecule has 6 nitrogen and oxygen atoms in total. The number of nitrogens with zero attached hydrogens (tertiary/aromatic N) is 2. The van der Waals surface area contributed by atoms with E-state index in [1.165, 1.54) is 18.9 Å². The van der Waals surface area contributed by atoms with Crippen LogP contribution in [0.3, 0.4) is 0 Å². The molecule has 1 atom stereocenters. The van der Waals surface area contributed by atoms with Crippen molar-refractivity contribution < 1.29 is 14.2 Å². The van der Waals surface area contributed by atoms with Gasteiger partial charge in [0.15, 0.2) is 11.9 Å². The quantitative estimate of drug-likeness (QED) is 0.600. The molecule has 1 fully saturated rings. The van der Waals surface area contributed by atoms with E-state index < -0.39 is 0 Å². The molecule has 0 N–H and O–H groups in total. The monoisotopic (exact) mass is 414 g/mol. The predicted octanol–water partition coefficient (Wildman–Crippen LogP) is 3.27. The SMILES string of the molecule is O=c1cc(OC[C@H]2COc3ncccc3O2)ccn1Cc1cccc(C#CC2CC2)c1. The maximum Gasteiger partial charge on any atom is 0.257 e. The lowest BCUT2D eigenvalue weighted by Gasteiger charge is -2.25. The summed E-state index contributed by atoms with van der Waals surface area (Å²) in [4.78, 5) is 16.7. The number of ether oxygens (including phenoxy) is 3. The third-order valence-electron chi connectivity index (χ3n) is 5.12. The molecule has 2 aliphatic rings. The number of rotatable bonds is 5. The van der Waals surface area contributed by atoms with Gasteiger partial charge < -0.3 is 18.8 Å². The number of pyridine rings is 2. The number of benzene rings is 1. The maximum absolute atomic E-state index is 12.6. The smallest absolute Gasteiger partial charge is 0.257 e. The highest BCUT2D eigenvalue weighted by molar-refractivity contribution is 5.38. The Morgan fingerprint density at radius 3 is 2.97 bits per heavy atom. The second-order valence-electron chi connectivity index (χ2n) is 7.74. The van der Waals surface area contributed by atoms with Crippen LogP contribution in [0.15, 0.2) is 65.7 Å². The van der Waals surface area contributed by atoms with Gasteiger partial charge in [-0.05, 0) is 48.7 Å². The first-order valence-corrected chi connectivity index (χ1v) is 10.4. The van der Waals surface area contributed by atoms with Crippen molar-refractivity contribution >= 4 is 0 Å². The van der Waals surface area contributed by atoms with Gasteiger partial charge in [0.25, 0.3) is 11.4 Å². The molecule has 0 spiro atoms. The summed E-state index contributed by atoms with van der Waals surface area (Å²) in [5, 5.41) is 0. The summed E-state index contributed by atoms with van der Waals surface area (Å²) >= 11 is 0. The highest BCUT2D eigenvalue weighted by Gasteiger charge is 2.22. The summed E-state index contributed by atoms with van der Waals surface area (Å²) in [5.74, 6) is 8.66. The fourth-order valence-electron chi connectivity index (χ4n) is 3.30. The van der Waals surface area contributed by atoms with Crippen molar-refractivity contribution in [2.75, 3.05) is 13.2 Å². The normalized spacial score (nSPS) is 16.8. The first kappa shape index (κ1) is 19.3. The van der Waals surface area contributed by atoms with Crippen molar-refractivity contribution in [3.05, 3.63) is 82.4 Å². The highest BCUT2D eigenvalue weighted by Crippen LogP contribution is 2.29. The van der Waals surface area contributed by atoms with Crippen molar-refractivity contribution in [3.63, 3.8) is 0 Å². The Kier molecular flexibility index (Phi) is 5.32. The van der Waals surface area contributed by atoms with Crippen LogP contribution in [0.5, 0.6) is 17.4 Å². The Labute approximate surface area is 180 Å². The van der Waals surface area contributed by atoms with Crippen LogP contribution in [0.2, 0.25) is 0 Å². The van der Waals surface area contributed by atoms with E-state index in [4.69, 9.17) is 14.2 Å². The molecule has 0 radical (unpaired) electrons. The molecule has 1 aromatic carbocycles. The Morgan fingerprint density at radius 1 is 1.16 bits per heavy atom. The molecule has 0 bridgehead atoms. The molecule has 1 aliphatic carbocycles. The van der Waals surface area contributed by atoms with Crippen molar-refractivity contribution in [3.8, 4) is 29.2 Å². The molecular weight excluding hydrogens is 392 g/mol. The first-order valence-electron chi connectivity index (χ1n) is 10.4. The van der Waals surface area contributed by atoms with Crippen LogP contribution < -0.4 is 19.8 Å². The zero-order chi connectivity index (χ0) is 21.0. The van der Waals surface area contributed by atoms with Crippen LogP contribution in [0, 0.1) is 17.8 Å². The molecule has 1 aliphatic heterocycles. The third-order valence-corrected chi connectivity index (χ3v) is 5.12. The molecule has 5 rings (SSSR count). The van der Waals surface area contributed by atoms with E-state index >= 15 is 0 Å². The van der Waals surface area contributed by atoms with Gasteiger partial charge in [-0.2, -0.15) is 0 Å². The van der Waals surface area contributed by atoms with Gasteiger partial charge in [0.2, 0.25) is 0 Å². The van der Waals surface area contributed by atoms with Gasteiger partial charge in [-0.3, -0.25) is 4.79 Å². The third kappa shape index (κ3) is 4.89. The minimum absolute atomic E-state index is 0.123. The average Bonchev–Trinajstić information content (AvgIpc) is 3.63. The largest absolute Gasteiger partial charge is 0.489 e. The Balaban J connectivity index is 1.20. The Morgan fingerprint density at radius 2 is 2.10 bits per heavy atom. The predicted molar refractivity (Wildman–Crippen MR) is 115 cm³/mol. The van der Waals surface area contributed by atoms with Crippen LogP contribution >= 0.6 is 0 Å². The zero-order valence-electron chi connectivity index (χ0n) is 17.0. The summed E-state index contributed by atoms with van der Waals surface area (Å²) in [5.41, 5.74) is 1.91. The minimum atomic E-state index is -0.265. The first-order chi connectivity index (χ1) is 15.2. The summed E-state index contributed by atoms with van der Waals surface area (Å²) in [6, 6.07) is 14.9. The van der Waals surface area contributed by atoms with Crippen LogP contribution in [-0.2, 0) is 6.54 Å². The number of fused-ring (bicyclic) bond motifs is 1. The van der Waals surface area contributed by atoms with Crippen LogP contribution in [0.4, 0.5) is 0 Å². The second-order valence-corrected chi connectivity index (χ2v) is 7.74. The number of hydrogen-bond donors (Lipinski definition) is 0. The van der Waals surface area contributed by atoms with Gasteiger partial charge in [-0.1, -0.05) is 24.0 Å². The highest BCUT2D eigenvalue weighted by atomic mass is 16.6. The fraction of sp³-hybridized carbons (Fsp3) is 0.280. The van der Waals surface area contributed by atoms with Gasteiger partial charge in [0.05, 0.1) is 6.54 Å². The molecule has 3 heterocycles. The van der Waals surface area contributed by atoms with Crippen LogP contribution in [0.1, 0.15) is 24.0 Å². The molecule has 1 saturated carbocycles. The van der Waals surface area contributed by atoms with Crippen molar-refractivity contribution in [1.82, 2.24) is 9.55 Å². The lowest BCUT2D eigenvalue weighted by molar-refractivity contribution is 0.0500. The lowest BCUT2D eigenvalue weighted by Crippen LogP contribution is -2.35. The number of hydrogen-bond acceptors (Lipinski definition) is 5. The topological polar surface area (TPSA) is 62.6 Å². The molecule has 3 aromatic rings. The van der Waals surface area contributed by atoms with E-state index in [0.29, 0.717) is 36.4 Å². The van der Waals surface area contributed by atoms with Gasteiger partial charge >= 0.3 is 0 Å². The van der Waals surface area contributed by atoms with Crippen molar-refractivity contribution in [2.24, 2.45) is 5.92 Å². The Hall–Kier alpha value is -3.72. The van der Waals surface area contributed by atoms with Crippen molar-refractivity contribution in [1.29, 1.82) is 0 Å². The van der Waals surface area contributed by atoms with E-state index in [1.807, 2.05) is 30.3 Å². The molecule has 0 saturated heterocycles. The molecule has 0 unspecified atom stereocenters. The van der Waals surface area contributed by atoms with Gasteiger partial charge in [0, 0.05) is 29.9 Å². The summed E-state index contributed by atoms with van der Waals surface area (Å²) < 4.78 is 18.8. The standard InChI is InChI=1S/C25H22N2O4/c28-24-14-21(29-16-22-17-30-25-23(31-22)5-2-11-26-25)10-12-27(24)15-20-4-1-3-19(13-20)9-8-18-6-7-18/h1-5,10-14,18,22H,6-7,15-17H2/t22-/m0/s1. The van der Waals surface area contributed by atoms with E-state index in [0.717, 1.165) is 11.1 Å². The second kappa shape index (κ2) is 8.57. The molecule has 156 valence electrons. The molecule has 0 amide bonds. The number of aromatic nitrogens is 2. The van der Waals surface area contributed by atoms with Gasteiger partial charge in [0.1, 0.15) is 19.0 Å². The van der Waals surface area contributed by atoms with E-state index in [9.17, 15) is 4.79 Å². The lowest BCUT2D eigenvalue weighted by atomic mass is 10.1. The summed E-state index contributed by atoms with van der Waals surface area (Å²) in [7, 11) is 0. The van der Waals surface area contributed by atoms with E-state index in [-0.39, 0.29) is 18.3 Å². The van der Waals surface area contributed by atoms with Crippen LogP contribution in [-0.4, -0.2) is 28.9 Å². The van der Waals surface area contributed by atoms with Crippen LogP contribution in [0.25, 0.3) is 0 Å². The fourth-order valence-corrected chi connectivity index (χ4v) is 3.30. The summed E-state index contributed by atoms with van der Waals surface area (Å²) in [6.45, 7) is 1.11. The van der Waals surface area contributed by atoms with E-state index in [2.05, 4.69) is 16.8 Å². The summed E-state index contributed by atoms with van der Waals surface area (Å²) in [6.07, 6.45) is 5.56. The minimum Gasteiger partial charge on any atom is -0.489 e. The zero-order valence-corrected chi connectivity index (χ0v) is 17.0.